The summed E-state index contributed by atoms with van der Waals surface area (Å²) in [6.45, 7) is 5.03. The number of hydrogen-bond acceptors (Lipinski definition) is 4. The minimum absolute atomic E-state index is 0.137. The molecule has 0 saturated heterocycles. The molecule has 2 amide bonds. The minimum atomic E-state index is -1.80. The Balaban J connectivity index is 1.96. The normalized spacial score (nSPS) is 19.2. The van der Waals surface area contributed by atoms with Crippen LogP contribution in [0.15, 0.2) is 36.5 Å². The molecule has 26 heavy (non-hydrogen) atoms. The van der Waals surface area contributed by atoms with E-state index >= 15 is 0 Å². The number of rotatable bonds is 3. The molecule has 136 valence electrons. The van der Waals surface area contributed by atoms with Gasteiger partial charge in [-0.15, -0.1) is 0 Å². The van der Waals surface area contributed by atoms with E-state index in [4.69, 9.17) is 16.3 Å². The number of halogens is 2. The van der Waals surface area contributed by atoms with Gasteiger partial charge in [0.25, 0.3) is 17.4 Å². The third-order valence-electron chi connectivity index (χ3n) is 4.05. The number of anilines is 2. The van der Waals surface area contributed by atoms with E-state index < -0.39 is 23.2 Å². The van der Waals surface area contributed by atoms with E-state index in [1.807, 2.05) is 13.8 Å². The third kappa shape index (κ3) is 2.99. The van der Waals surface area contributed by atoms with Crippen molar-refractivity contribution in [2.45, 2.75) is 32.4 Å². The number of fused-ring (bicyclic) bond motifs is 1. The summed E-state index contributed by atoms with van der Waals surface area (Å²) >= 11 is 5.74. The lowest BCUT2D eigenvalue weighted by molar-refractivity contribution is -0.145. The average Bonchev–Trinajstić information content (AvgIpc) is 2.58. The predicted octanol–water partition coefficient (Wildman–Crippen LogP) is 3.41. The van der Waals surface area contributed by atoms with Crippen LogP contribution in [0, 0.1) is 5.82 Å². The smallest absolute Gasteiger partial charge is 0.282 e. The van der Waals surface area contributed by atoms with Crippen LogP contribution in [-0.2, 0) is 9.59 Å². The van der Waals surface area contributed by atoms with E-state index in [1.165, 1.54) is 24.0 Å². The molecule has 1 aromatic heterocycles. The maximum absolute atomic E-state index is 13.3. The lowest BCUT2D eigenvalue weighted by Gasteiger charge is -2.40. The van der Waals surface area contributed by atoms with Crippen molar-refractivity contribution in [1.29, 1.82) is 0 Å². The van der Waals surface area contributed by atoms with E-state index in [0.29, 0.717) is 11.6 Å². The molecular formula is C18H17ClFN3O3. The van der Waals surface area contributed by atoms with Crippen LogP contribution in [-0.4, -0.2) is 28.4 Å². The highest BCUT2D eigenvalue weighted by atomic mass is 35.5. The predicted molar refractivity (Wildman–Crippen MR) is 95.9 cm³/mol. The summed E-state index contributed by atoms with van der Waals surface area (Å²) in [7, 11) is 0. The van der Waals surface area contributed by atoms with Crippen LogP contribution in [0.25, 0.3) is 0 Å². The zero-order chi connectivity index (χ0) is 19.1. The Hall–Kier alpha value is -2.67. The van der Waals surface area contributed by atoms with Gasteiger partial charge in [0.2, 0.25) is 0 Å². The molecule has 2 heterocycles. The summed E-state index contributed by atoms with van der Waals surface area (Å²) < 4.78 is 19.0. The third-order valence-corrected chi connectivity index (χ3v) is 4.34. The number of hydrogen-bond donors (Lipinski definition) is 1. The summed E-state index contributed by atoms with van der Waals surface area (Å²) in [6, 6.07) is 6.82. The van der Waals surface area contributed by atoms with Crippen LogP contribution in [0.3, 0.4) is 0 Å². The number of aromatic nitrogens is 1. The van der Waals surface area contributed by atoms with Gasteiger partial charge in [-0.05, 0) is 51.1 Å². The first-order valence-electron chi connectivity index (χ1n) is 7.98. The zero-order valence-electron chi connectivity index (χ0n) is 14.4. The van der Waals surface area contributed by atoms with Gasteiger partial charge < -0.3 is 10.1 Å². The number of ether oxygens (including phenoxy) is 1. The van der Waals surface area contributed by atoms with Crippen LogP contribution >= 0.6 is 11.6 Å². The Morgan fingerprint density at radius 2 is 2.12 bits per heavy atom. The molecule has 3 rings (SSSR count). The van der Waals surface area contributed by atoms with Crippen LogP contribution in [0.2, 0.25) is 5.02 Å². The van der Waals surface area contributed by atoms with Crippen molar-refractivity contribution in [1.82, 2.24) is 4.98 Å². The SMILES string of the molecule is CC(C)N1C(=O)[C@@](C)(C(=O)Nc2ccc(F)c(Cl)c2)Oc2cccnc21. The molecular weight excluding hydrogens is 361 g/mol. The van der Waals surface area contributed by atoms with E-state index in [1.54, 1.807) is 18.3 Å². The molecule has 0 unspecified atom stereocenters. The molecule has 0 spiro atoms. The number of carbonyl (C=O) groups excluding carboxylic acids is 2. The molecule has 0 saturated carbocycles. The second-order valence-electron chi connectivity index (χ2n) is 6.31. The molecule has 1 aliphatic heterocycles. The van der Waals surface area contributed by atoms with Gasteiger partial charge in [-0.1, -0.05) is 11.6 Å². The molecule has 8 heteroatoms. The Morgan fingerprint density at radius 3 is 2.77 bits per heavy atom. The fourth-order valence-corrected chi connectivity index (χ4v) is 2.86. The van der Waals surface area contributed by atoms with Gasteiger partial charge in [-0.25, -0.2) is 9.37 Å². The highest BCUT2D eigenvalue weighted by Gasteiger charge is 2.51. The Labute approximate surface area is 154 Å². The van der Waals surface area contributed by atoms with Gasteiger partial charge in [0.1, 0.15) is 5.82 Å². The van der Waals surface area contributed by atoms with Gasteiger partial charge in [0.15, 0.2) is 11.6 Å². The molecule has 1 aromatic carbocycles. The van der Waals surface area contributed by atoms with Gasteiger partial charge in [0, 0.05) is 17.9 Å². The van der Waals surface area contributed by atoms with Crippen molar-refractivity contribution in [3.05, 3.63) is 47.4 Å². The van der Waals surface area contributed by atoms with Crippen molar-refractivity contribution in [3.63, 3.8) is 0 Å². The molecule has 1 atom stereocenters. The van der Waals surface area contributed by atoms with Gasteiger partial charge in [0.05, 0.1) is 5.02 Å². The first kappa shape index (κ1) is 18.1. The quantitative estimate of drug-likeness (QED) is 0.832. The number of pyridine rings is 1. The van der Waals surface area contributed by atoms with E-state index in [9.17, 15) is 14.0 Å². The topological polar surface area (TPSA) is 71.5 Å². The maximum atomic E-state index is 13.3. The number of nitrogens with one attached hydrogen (secondary N) is 1. The van der Waals surface area contributed by atoms with Crippen molar-refractivity contribution in [2.24, 2.45) is 0 Å². The van der Waals surface area contributed by atoms with Crippen molar-refractivity contribution in [2.75, 3.05) is 10.2 Å². The van der Waals surface area contributed by atoms with E-state index in [0.717, 1.165) is 6.07 Å². The fourth-order valence-electron chi connectivity index (χ4n) is 2.68. The molecule has 0 aliphatic carbocycles. The summed E-state index contributed by atoms with van der Waals surface area (Å²) in [5, 5.41) is 2.42. The molecule has 1 N–H and O–H groups in total. The standard InChI is InChI=1S/C18H17ClFN3O3/c1-10(2)23-15-14(5-4-8-21-15)26-18(3,17(23)25)16(24)22-11-6-7-13(20)12(19)9-11/h4-10H,1-3H3,(H,22,24)/t18-/m1/s1. The van der Waals surface area contributed by atoms with Crippen molar-refractivity contribution >= 4 is 34.9 Å². The van der Waals surface area contributed by atoms with Crippen molar-refractivity contribution in [3.8, 4) is 5.75 Å². The largest absolute Gasteiger partial charge is 0.464 e. The summed E-state index contributed by atoms with van der Waals surface area (Å²) in [4.78, 5) is 31.5. The molecule has 2 aromatic rings. The Kier molecular flexibility index (Phi) is 4.58. The molecule has 0 radical (unpaired) electrons. The lowest BCUT2D eigenvalue weighted by atomic mass is 9.99. The highest BCUT2D eigenvalue weighted by Crippen LogP contribution is 2.37. The van der Waals surface area contributed by atoms with Gasteiger partial charge in [-0.2, -0.15) is 0 Å². The monoisotopic (exact) mass is 377 g/mol. The van der Waals surface area contributed by atoms with E-state index in [-0.39, 0.29) is 16.8 Å². The average molecular weight is 378 g/mol. The Morgan fingerprint density at radius 1 is 1.38 bits per heavy atom. The van der Waals surface area contributed by atoms with Crippen LogP contribution in [0.4, 0.5) is 15.9 Å². The summed E-state index contributed by atoms with van der Waals surface area (Å²) in [6.07, 6.45) is 1.55. The molecule has 0 fully saturated rings. The second-order valence-corrected chi connectivity index (χ2v) is 6.72. The first-order chi connectivity index (χ1) is 12.2. The number of carbonyl (C=O) groups is 2. The van der Waals surface area contributed by atoms with Crippen LogP contribution in [0.5, 0.6) is 5.75 Å². The van der Waals surface area contributed by atoms with Crippen LogP contribution < -0.4 is 15.0 Å². The molecule has 0 bridgehead atoms. The van der Waals surface area contributed by atoms with E-state index in [2.05, 4.69) is 10.3 Å². The van der Waals surface area contributed by atoms with Crippen molar-refractivity contribution < 1.29 is 18.7 Å². The first-order valence-corrected chi connectivity index (χ1v) is 8.36. The second kappa shape index (κ2) is 6.57. The number of benzene rings is 1. The zero-order valence-corrected chi connectivity index (χ0v) is 15.2. The summed E-state index contributed by atoms with van der Waals surface area (Å²) in [5.74, 6) is -1.14. The Bertz CT molecular complexity index is 890. The molecule has 1 aliphatic rings. The number of amides is 2. The van der Waals surface area contributed by atoms with Crippen LogP contribution in [0.1, 0.15) is 20.8 Å². The maximum Gasteiger partial charge on any atom is 0.282 e. The highest BCUT2D eigenvalue weighted by molar-refractivity contribution is 6.31. The lowest BCUT2D eigenvalue weighted by Crippen LogP contribution is -2.62. The minimum Gasteiger partial charge on any atom is -0.464 e. The molecule has 6 nitrogen and oxygen atoms in total. The summed E-state index contributed by atoms with van der Waals surface area (Å²) in [5.41, 5.74) is -1.55. The van der Waals surface area contributed by atoms with Gasteiger partial charge >= 0.3 is 0 Å². The fraction of sp³-hybridized carbons (Fsp3) is 0.278. The van der Waals surface area contributed by atoms with Gasteiger partial charge in [-0.3, -0.25) is 14.5 Å². The number of nitrogens with zero attached hydrogens (tertiary/aromatic N) is 2.